The Kier molecular flexibility index (Phi) is 3.94. The third-order valence-electron chi connectivity index (χ3n) is 2.83. The number of anilines is 2. The molecule has 3 N–H and O–H groups in total. The van der Waals surface area contributed by atoms with Crippen LogP contribution in [0.15, 0.2) is 30.6 Å². The van der Waals surface area contributed by atoms with Gasteiger partial charge >= 0.3 is 0 Å². The van der Waals surface area contributed by atoms with Crippen LogP contribution < -0.4 is 11.1 Å². The Balaban J connectivity index is 2.19. The van der Waals surface area contributed by atoms with Crippen LogP contribution in [0.4, 0.5) is 11.6 Å². The summed E-state index contributed by atoms with van der Waals surface area (Å²) in [4.78, 5) is 12.8. The van der Waals surface area contributed by atoms with Gasteiger partial charge in [0.2, 0.25) is 0 Å². The Morgan fingerprint density at radius 3 is 2.63 bits per heavy atom. The number of hydrogen-bond donors (Lipinski definition) is 2. The second kappa shape index (κ2) is 5.65. The molecule has 1 unspecified atom stereocenters. The molecule has 0 bridgehead atoms. The minimum atomic E-state index is 0.114. The van der Waals surface area contributed by atoms with Crippen LogP contribution in [0.1, 0.15) is 44.1 Å². The SMILES string of the molecule is CC(C)c1nc(N)cc(NC(C)c2cccnc2)n1. The van der Waals surface area contributed by atoms with Crippen LogP contribution in [0.3, 0.4) is 0 Å². The Hall–Kier alpha value is -2.17. The minimum absolute atomic E-state index is 0.114. The fourth-order valence-electron chi connectivity index (χ4n) is 1.75. The lowest BCUT2D eigenvalue weighted by molar-refractivity contribution is 0.770. The van der Waals surface area contributed by atoms with Crippen molar-refractivity contribution >= 4 is 11.6 Å². The molecular formula is C14H19N5. The van der Waals surface area contributed by atoms with Crippen molar-refractivity contribution in [1.82, 2.24) is 15.0 Å². The molecule has 0 amide bonds. The third kappa shape index (κ3) is 3.40. The summed E-state index contributed by atoms with van der Waals surface area (Å²) in [6.07, 6.45) is 3.60. The summed E-state index contributed by atoms with van der Waals surface area (Å²) < 4.78 is 0. The van der Waals surface area contributed by atoms with Crippen molar-refractivity contribution in [2.75, 3.05) is 11.1 Å². The van der Waals surface area contributed by atoms with E-state index in [2.05, 4.69) is 27.2 Å². The van der Waals surface area contributed by atoms with Crippen LogP contribution in [-0.4, -0.2) is 15.0 Å². The van der Waals surface area contributed by atoms with Crippen molar-refractivity contribution in [1.29, 1.82) is 0 Å². The Labute approximate surface area is 113 Å². The van der Waals surface area contributed by atoms with Crippen LogP contribution in [0.25, 0.3) is 0 Å². The van der Waals surface area contributed by atoms with Crippen LogP contribution in [-0.2, 0) is 0 Å². The van der Waals surface area contributed by atoms with E-state index in [9.17, 15) is 0 Å². The van der Waals surface area contributed by atoms with Gasteiger partial charge in [-0.1, -0.05) is 19.9 Å². The Morgan fingerprint density at radius 1 is 1.21 bits per heavy atom. The second-order valence-corrected chi connectivity index (χ2v) is 4.84. The van der Waals surface area contributed by atoms with Gasteiger partial charge in [-0.3, -0.25) is 4.98 Å². The summed E-state index contributed by atoms with van der Waals surface area (Å²) in [7, 11) is 0. The molecule has 0 aliphatic rings. The molecule has 0 radical (unpaired) electrons. The number of hydrogen-bond acceptors (Lipinski definition) is 5. The predicted molar refractivity (Wildman–Crippen MR) is 76.8 cm³/mol. The first-order valence-electron chi connectivity index (χ1n) is 6.37. The van der Waals surface area contributed by atoms with Crippen molar-refractivity contribution in [3.8, 4) is 0 Å². The fourth-order valence-corrected chi connectivity index (χ4v) is 1.75. The van der Waals surface area contributed by atoms with Gasteiger partial charge in [0.25, 0.3) is 0 Å². The van der Waals surface area contributed by atoms with E-state index in [1.165, 1.54) is 0 Å². The first-order chi connectivity index (χ1) is 9.06. The van der Waals surface area contributed by atoms with Crippen LogP contribution in [0.5, 0.6) is 0 Å². The number of rotatable bonds is 4. The summed E-state index contributed by atoms with van der Waals surface area (Å²) >= 11 is 0. The summed E-state index contributed by atoms with van der Waals surface area (Å²) in [5.74, 6) is 2.23. The monoisotopic (exact) mass is 257 g/mol. The fraction of sp³-hybridized carbons (Fsp3) is 0.357. The summed E-state index contributed by atoms with van der Waals surface area (Å²) in [5.41, 5.74) is 6.91. The molecule has 1 atom stereocenters. The van der Waals surface area contributed by atoms with E-state index >= 15 is 0 Å². The second-order valence-electron chi connectivity index (χ2n) is 4.84. The first-order valence-corrected chi connectivity index (χ1v) is 6.37. The third-order valence-corrected chi connectivity index (χ3v) is 2.83. The molecule has 100 valence electrons. The highest BCUT2D eigenvalue weighted by Crippen LogP contribution is 2.20. The van der Waals surface area contributed by atoms with Crippen LogP contribution >= 0.6 is 0 Å². The maximum atomic E-state index is 5.81. The molecule has 0 saturated heterocycles. The molecule has 19 heavy (non-hydrogen) atoms. The quantitative estimate of drug-likeness (QED) is 0.880. The van der Waals surface area contributed by atoms with Gasteiger partial charge in [-0.25, -0.2) is 9.97 Å². The molecule has 0 fully saturated rings. The molecule has 0 aliphatic carbocycles. The lowest BCUT2D eigenvalue weighted by atomic mass is 10.1. The zero-order chi connectivity index (χ0) is 13.8. The van der Waals surface area contributed by atoms with E-state index < -0.39 is 0 Å². The van der Waals surface area contributed by atoms with E-state index in [4.69, 9.17) is 5.73 Å². The zero-order valence-electron chi connectivity index (χ0n) is 11.5. The highest BCUT2D eigenvalue weighted by molar-refractivity contribution is 5.46. The highest BCUT2D eigenvalue weighted by atomic mass is 15.1. The van der Waals surface area contributed by atoms with Gasteiger partial charge in [-0.2, -0.15) is 0 Å². The van der Waals surface area contributed by atoms with Crippen LogP contribution in [0, 0.1) is 0 Å². The van der Waals surface area contributed by atoms with Crippen molar-refractivity contribution in [2.24, 2.45) is 0 Å². The summed E-state index contributed by atoms with van der Waals surface area (Å²) in [6, 6.07) is 5.81. The normalized spacial score (nSPS) is 12.4. The van der Waals surface area contributed by atoms with E-state index in [1.807, 2.05) is 32.2 Å². The molecule has 0 aliphatic heterocycles. The molecular weight excluding hydrogens is 238 g/mol. The van der Waals surface area contributed by atoms with Gasteiger partial charge in [0.05, 0.1) is 6.04 Å². The van der Waals surface area contributed by atoms with Crippen molar-refractivity contribution < 1.29 is 0 Å². The summed E-state index contributed by atoms with van der Waals surface area (Å²) in [5, 5.41) is 3.32. The molecule has 2 rings (SSSR count). The van der Waals surface area contributed by atoms with Gasteiger partial charge in [0.15, 0.2) is 0 Å². The number of nitrogens with two attached hydrogens (primary N) is 1. The highest BCUT2D eigenvalue weighted by Gasteiger charge is 2.10. The van der Waals surface area contributed by atoms with Crippen molar-refractivity contribution in [3.05, 3.63) is 42.0 Å². The van der Waals surface area contributed by atoms with Crippen LogP contribution in [0.2, 0.25) is 0 Å². The van der Waals surface area contributed by atoms with E-state index in [-0.39, 0.29) is 12.0 Å². The Morgan fingerprint density at radius 2 is 2.00 bits per heavy atom. The average Bonchev–Trinajstić information content (AvgIpc) is 2.39. The molecule has 0 aromatic carbocycles. The maximum Gasteiger partial charge on any atom is 0.135 e. The molecule has 0 saturated carbocycles. The minimum Gasteiger partial charge on any atom is -0.384 e. The van der Waals surface area contributed by atoms with E-state index in [0.29, 0.717) is 5.82 Å². The topological polar surface area (TPSA) is 76.7 Å². The maximum absolute atomic E-state index is 5.81. The van der Waals surface area contributed by atoms with E-state index in [1.54, 1.807) is 12.3 Å². The molecule has 5 nitrogen and oxygen atoms in total. The van der Waals surface area contributed by atoms with Crippen molar-refractivity contribution in [3.63, 3.8) is 0 Å². The number of nitrogens with one attached hydrogen (secondary N) is 1. The number of nitrogens with zero attached hydrogens (tertiary/aromatic N) is 3. The van der Waals surface area contributed by atoms with Gasteiger partial charge in [0.1, 0.15) is 17.5 Å². The largest absolute Gasteiger partial charge is 0.384 e. The predicted octanol–water partition coefficient (Wildman–Crippen LogP) is 2.75. The van der Waals surface area contributed by atoms with Gasteiger partial charge < -0.3 is 11.1 Å². The standard InChI is InChI=1S/C14H19N5/c1-9(2)14-18-12(15)7-13(19-14)17-10(3)11-5-4-6-16-8-11/h4-10H,1-3H3,(H3,15,17,18,19). The van der Waals surface area contributed by atoms with Crippen molar-refractivity contribution in [2.45, 2.75) is 32.7 Å². The van der Waals surface area contributed by atoms with Gasteiger partial charge in [-0.05, 0) is 18.6 Å². The first kappa shape index (κ1) is 13.3. The molecule has 2 heterocycles. The average molecular weight is 257 g/mol. The molecule has 2 aromatic rings. The lowest BCUT2D eigenvalue weighted by Gasteiger charge is -2.16. The molecule has 5 heteroatoms. The van der Waals surface area contributed by atoms with Gasteiger partial charge in [-0.15, -0.1) is 0 Å². The number of nitrogen functional groups attached to an aromatic ring is 1. The molecule has 2 aromatic heterocycles. The zero-order valence-corrected chi connectivity index (χ0v) is 11.5. The lowest BCUT2D eigenvalue weighted by Crippen LogP contribution is -2.11. The number of aromatic nitrogens is 3. The molecule has 0 spiro atoms. The number of pyridine rings is 1. The van der Waals surface area contributed by atoms with Gasteiger partial charge in [0, 0.05) is 24.4 Å². The smallest absolute Gasteiger partial charge is 0.135 e. The van der Waals surface area contributed by atoms with E-state index in [0.717, 1.165) is 17.2 Å². The Bertz CT molecular complexity index is 539. The summed E-state index contributed by atoms with van der Waals surface area (Å²) in [6.45, 7) is 6.15.